The van der Waals surface area contributed by atoms with Crippen LogP contribution in [-0.4, -0.2) is 10.9 Å². The van der Waals surface area contributed by atoms with Crippen molar-refractivity contribution in [2.24, 2.45) is 0 Å². The van der Waals surface area contributed by atoms with Gasteiger partial charge in [0, 0.05) is 6.42 Å². The van der Waals surface area contributed by atoms with Crippen LogP contribution in [-0.2, 0) is 4.79 Å². The monoisotopic (exact) mass is 332 g/mol. The number of carbonyl (C=O) groups is 1. The van der Waals surface area contributed by atoms with Gasteiger partial charge in [0.25, 0.3) is 0 Å². The van der Waals surface area contributed by atoms with Crippen LogP contribution in [0, 0.1) is 0 Å². The molecule has 18 heavy (non-hydrogen) atoms. The van der Waals surface area contributed by atoms with Crippen LogP contribution in [0.1, 0.15) is 45.4 Å². The molecule has 1 amide bonds. The van der Waals surface area contributed by atoms with Crippen LogP contribution in [0.5, 0.6) is 0 Å². The van der Waals surface area contributed by atoms with Gasteiger partial charge in [-0.1, -0.05) is 44.2 Å². The number of unbranched alkanes of at least 4 members (excludes halogenated alkanes) is 4. The molecule has 5 heteroatoms. The normalized spacial score (nSPS) is 10.4. The number of halogens is 2. The maximum absolute atomic E-state index is 11.7. The molecule has 1 aromatic rings. The molecule has 3 nitrogen and oxygen atoms in total. The fraction of sp³-hybridized carbons (Fsp3) is 0.538. The molecule has 0 aliphatic carbocycles. The van der Waals surface area contributed by atoms with E-state index in [1.807, 2.05) is 0 Å². The number of hydrogen-bond donors (Lipinski definition) is 1. The van der Waals surface area contributed by atoms with Gasteiger partial charge >= 0.3 is 0 Å². The summed E-state index contributed by atoms with van der Waals surface area (Å²) in [6, 6.07) is 1.75. The van der Waals surface area contributed by atoms with Crippen LogP contribution in [0.3, 0.4) is 0 Å². The van der Waals surface area contributed by atoms with Crippen LogP contribution in [0.2, 0.25) is 5.15 Å². The number of carbonyl (C=O) groups excluding carboxylic acids is 1. The number of amides is 1. The van der Waals surface area contributed by atoms with Crippen molar-refractivity contribution < 1.29 is 4.79 Å². The standard InChI is InChI=1S/C13H18BrClN2O/c1-2-3-4-5-6-7-12(18)17-10-8-11(14)13(15)16-9-10/h8-9H,2-7H2,1H3,(H,17,18). The summed E-state index contributed by atoms with van der Waals surface area (Å²) < 4.78 is 0.685. The molecule has 1 rings (SSSR count). The smallest absolute Gasteiger partial charge is 0.224 e. The maximum atomic E-state index is 11.7. The van der Waals surface area contributed by atoms with Crippen LogP contribution >= 0.6 is 27.5 Å². The first kappa shape index (κ1) is 15.4. The topological polar surface area (TPSA) is 42.0 Å². The lowest BCUT2D eigenvalue weighted by molar-refractivity contribution is -0.116. The fourth-order valence-electron chi connectivity index (χ4n) is 1.60. The lowest BCUT2D eigenvalue weighted by atomic mass is 10.1. The Hall–Kier alpha value is -0.610. The Morgan fingerprint density at radius 2 is 2.11 bits per heavy atom. The minimum absolute atomic E-state index is 0.0301. The molecule has 0 fully saturated rings. The fourth-order valence-corrected chi connectivity index (χ4v) is 2.05. The summed E-state index contributed by atoms with van der Waals surface area (Å²) in [6.07, 6.45) is 7.84. The van der Waals surface area contributed by atoms with E-state index in [1.165, 1.54) is 19.3 Å². The molecule has 100 valence electrons. The second-order valence-electron chi connectivity index (χ2n) is 4.21. The number of nitrogens with zero attached hydrogens (tertiary/aromatic N) is 1. The van der Waals surface area contributed by atoms with Gasteiger partial charge < -0.3 is 5.32 Å². The summed E-state index contributed by atoms with van der Waals surface area (Å²) in [6.45, 7) is 2.18. The number of nitrogens with one attached hydrogen (secondary N) is 1. The molecule has 0 aromatic carbocycles. The first-order valence-electron chi connectivity index (χ1n) is 6.24. The van der Waals surface area contributed by atoms with Crippen molar-refractivity contribution in [1.82, 2.24) is 4.98 Å². The van der Waals surface area contributed by atoms with Gasteiger partial charge in [-0.25, -0.2) is 4.98 Å². The van der Waals surface area contributed by atoms with Crippen LogP contribution in [0.25, 0.3) is 0 Å². The van der Waals surface area contributed by atoms with E-state index in [1.54, 1.807) is 12.3 Å². The van der Waals surface area contributed by atoms with Crippen molar-refractivity contribution in [3.8, 4) is 0 Å². The van der Waals surface area contributed by atoms with Gasteiger partial charge in [-0.05, 0) is 28.4 Å². The van der Waals surface area contributed by atoms with Crippen LogP contribution < -0.4 is 5.32 Å². The third-order valence-electron chi connectivity index (χ3n) is 2.59. The van der Waals surface area contributed by atoms with Gasteiger partial charge in [0.05, 0.1) is 16.4 Å². The molecule has 0 bridgehead atoms. The highest BCUT2D eigenvalue weighted by molar-refractivity contribution is 9.10. The van der Waals surface area contributed by atoms with Gasteiger partial charge in [-0.3, -0.25) is 4.79 Å². The molecule has 0 saturated carbocycles. The first-order chi connectivity index (χ1) is 8.63. The highest BCUT2D eigenvalue weighted by atomic mass is 79.9. The SMILES string of the molecule is CCCCCCCC(=O)Nc1cnc(Cl)c(Br)c1. The number of rotatable bonds is 7. The number of pyridine rings is 1. The molecule has 0 unspecified atom stereocenters. The third kappa shape index (κ3) is 5.83. The summed E-state index contributed by atoms with van der Waals surface area (Å²) in [5.74, 6) is 0.0301. The zero-order valence-electron chi connectivity index (χ0n) is 10.5. The summed E-state index contributed by atoms with van der Waals surface area (Å²) in [5, 5.41) is 3.21. The molecule has 0 saturated heterocycles. The zero-order valence-corrected chi connectivity index (χ0v) is 12.9. The number of hydrogen-bond acceptors (Lipinski definition) is 2. The summed E-state index contributed by atoms with van der Waals surface area (Å²) >= 11 is 9.05. The van der Waals surface area contributed by atoms with Crippen molar-refractivity contribution in [2.75, 3.05) is 5.32 Å². The molecule has 0 aliphatic heterocycles. The second kappa shape index (κ2) is 8.48. The maximum Gasteiger partial charge on any atom is 0.224 e. The van der Waals surface area contributed by atoms with Crippen molar-refractivity contribution in [3.63, 3.8) is 0 Å². The zero-order chi connectivity index (χ0) is 13.4. The Morgan fingerprint density at radius 1 is 1.39 bits per heavy atom. The van der Waals surface area contributed by atoms with E-state index in [0.717, 1.165) is 12.8 Å². The average molecular weight is 334 g/mol. The molecule has 1 aromatic heterocycles. The molecule has 0 radical (unpaired) electrons. The quantitative estimate of drug-likeness (QED) is 0.575. The van der Waals surface area contributed by atoms with Crippen LogP contribution in [0.15, 0.2) is 16.7 Å². The Morgan fingerprint density at radius 3 is 2.78 bits per heavy atom. The number of aromatic nitrogens is 1. The van der Waals surface area contributed by atoms with Crippen LogP contribution in [0.4, 0.5) is 5.69 Å². The minimum Gasteiger partial charge on any atom is -0.325 e. The van der Waals surface area contributed by atoms with Gasteiger partial charge in [0.2, 0.25) is 5.91 Å². The molecular formula is C13H18BrClN2O. The molecule has 0 aliphatic rings. The van der Waals surface area contributed by atoms with Gasteiger partial charge in [-0.15, -0.1) is 0 Å². The van der Waals surface area contributed by atoms with Crippen molar-refractivity contribution in [1.29, 1.82) is 0 Å². The van der Waals surface area contributed by atoms with E-state index >= 15 is 0 Å². The van der Waals surface area contributed by atoms with E-state index in [2.05, 4.69) is 33.2 Å². The molecule has 1 N–H and O–H groups in total. The highest BCUT2D eigenvalue weighted by Crippen LogP contribution is 2.22. The van der Waals surface area contributed by atoms with Crippen molar-refractivity contribution in [3.05, 3.63) is 21.9 Å². The van der Waals surface area contributed by atoms with E-state index in [-0.39, 0.29) is 5.91 Å². The second-order valence-corrected chi connectivity index (χ2v) is 5.42. The Kier molecular flexibility index (Phi) is 7.28. The predicted octanol–water partition coefficient (Wildman–Crippen LogP) is 4.80. The summed E-state index contributed by atoms with van der Waals surface area (Å²) in [5.41, 5.74) is 0.671. The lowest BCUT2D eigenvalue weighted by Gasteiger charge is -2.05. The molecular weight excluding hydrogens is 316 g/mol. The van der Waals surface area contributed by atoms with Gasteiger partial charge in [0.15, 0.2) is 0 Å². The minimum atomic E-state index is 0.0301. The summed E-state index contributed by atoms with van der Waals surface area (Å²) in [4.78, 5) is 15.6. The number of anilines is 1. The van der Waals surface area contributed by atoms with Crippen molar-refractivity contribution in [2.45, 2.75) is 45.4 Å². The average Bonchev–Trinajstić information content (AvgIpc) is 2.34. The lowest BCUT2D eigenvalue weighted by Crippen LogP contribution is -2.11. The van der Waals surface area contributed by atoms with E-state index in [4.69, 9.17) is 11.6 Å². The third-order valence-corrected chi connectivity index (χ3v) is 3.72. The van der Waals surface area contributed by atoms with E-state index in [9.17, 15) is 4.79 Å². The van der Waals surface area contributed by atoms with Gasteiger partial charge in [-0.2, -0.15) is 0 Å². The Bertz CT molecular complexity index is 399. The molecule has 0 atom stereocenters. The van der Waals surface area contributed by atoms with E-state index < -0.39 is 0 Å². The molecule has 1 heterocycles. The Balaban J connectivity index is 2.29. The van der Waals surface area contributed by atoms with E-state index in [0.29, 0.717) is 21.7 Å². The Labute approximate surface area is 121 Å². The van der Waals surface area contributed by atoms with Crippen molar-refractivity contribution >= 4 is 39.1 Å². The van der Waals surface area contributed by atoms with Gasteiger partial charge in [0.1, 0.15) is 5.15 Å². The molecule has 0 spiro atoms. The highest BCUT2D eigenvalue weighted by Gasteiger charge is 2.05. The summed E-state index contributed by atoms with van der Waals surface area (Å²) in [7, 11) is 0. The largest absolute Gasteiger partial charge is 0.325 e. The first-order valence-corrected chi connectivity index (χ1v) is 7.41. The predicted molar refractivity (Wildman–Crippen MR) is 79.0 cm³/mol.